The Morgan fingerprint density at radius 3 is 2.45 bits per heavy atom. The SMILES string of the molecule is Cn1cc(-c2cnc(N(C(=O)NCc3ccccc3)[C@H]3CC[C@H](NC(=O)O)CC3)cn2)cn1. The summed E-state index contributed by atoms with van der Waals surface area (Å²) in [5.74, 6) is 0.461. The van der Waals surface area contributed by atoms with Crippen LogP contribution in [0.5, 0.6) is 0 Å². The van der Waals surface area contributed by atoms with Crippen LogP contribution in [0.2, 0.25) is 0 Å². The molecule has 0 atom stereocenters. The third-order valence-electron chi connectivity index (χ3n) is 5.78. The molecule has 3 N–H and O–H groups in total. The molecular weight excluding hydrogens is 422 g/mol. The van der Waals surface area contributed by atoms with Crippen molar-refractivity contribution in [2.75, 3.05) is 4.90 Å². The lowest BCUT2D eigenvalue weighted by Gasteiger charge is -2.36. The molecule has 0 spiro atoms. The number of aryl methyl sites for hydroxylation is 1. The van der Waals surface area contributed by atoms with E-state index in [2.05, 4.69) is 25.7 Å². The monoisotopic (exact) mass is 449 g/mol. The van der Waals surface area contributed by atoms with Gasteiger partial charge in [-0.1, -0.05) is 30.3 Å². The Labute approximate surface area is 191 Å². The molecule has 0 saturated heterocycles. The van der Waals surface area contributed by atoms with Gasteiger partial charge in [-0.2, -0.15) is 5.10 Å². The molecule has 4 rings (SSSR count). The lowest BCUT2D eigenvalue weighted by molar-refractivity contribution is 0.184. The van der Waals surface area contributed by atoms with Crippen LogP contribution in [0, 0.1) is 0 Å². The fraction of sp³-hybridized carbons (Fsp3) is 0.348. The second-order valence-corrected chi connectivity index (χ2v) is 8.13. The van der Waals surface area contributed by atoms with Gasteiger partial charge in [0.15, 0.2) is 5.82 Å². The van der Waals surface area contributed by atoms with E-state index in [4.69, 9.17) is 5.11 Å². The number of hydrogen-bond acceptors (Lipinski definition) is 5. The Bertz CT molecular complexity index is 1080. The molecule has 2 heterocycles. The molecule has 1 aromatic carbocycles. The van der Waals surface area contributed by atoms with Gasteiger partial charge in [0.1, 0.15) is 0 Å². The minimum atomic E-state index is -1.02. The van der Waals surface area contributed by atoms with Crippen LogP contribution in [0.4, 0.5) is 15.4 Å². The van der Waals surface area contributed by atoms with Crippen molar-refractivity contribution in [3.8, 4) is 11.3 Å². The largest absolute Gasteiger partial charge is 0.465 e. The predicted octanol–water partition coefficient (Wildman–Crippen LogP) is 3.17. The van der Waals surface area contributed by atoms with Gasteiger partial charge in [0.05, 0.1) is 24.3 Å². The molecule has 0 aliphatic heterocycles. The topological polar surface area (TPSA) is 125 Å². The number of rotatable bonds is 6. The quantitative estimate of drug-likeness (QED) is 0.531. The standard InChI is InChI=1S/C23H27N7O3/c1-29-15-17(12-27-29)20-13-25-21(14-24-20)30(19-9-7-18(8-10-19)28-23(32)33)22(31)26-11-16-5-3-2-4-6-16/h2-6,12-15,18-19,28H,7-11H2,1H3,(H,26,31)(H,32,33)/t18-,19-. The second kappa shape index (κ2) is 10.1. The van der Waals surface area contributed by atoms with E-state index in [9.17, 15) is 9.59 Å². The molecule has 1 fully saturated rings. The number of carboxylic acid groups (broad SMARTS) is 1. The molecule has 33 heavy (non-hydrogen) atoms. The number of anilines is 1. The van der Waals surface area contributed by atoms with E-state index in [1.807, 2.05) is 43.6 Å². The Hall–Kier alpha value is -3.95. The first kappa shape index (κ1) is 22.3. The third kappa shape index (κ3) is 5.65. The summed E-state index contributed by atoms with van der Waals surface area (Å²) >= 11 is 0. The highest BCUT2D eigenvalue weighted by molar-refractivity contribution is 5.91. The van der Waals surface area contributed by atoms with Crippen molar-refractivity contribution in [1.29, 1.82) is 0 Å². The summed E-state index contributed by atoms with van der Waals surface area (Å²) in [6, 6.07) is 9.24. The average Bonchev–Trinajstić information content (AvgIpc) is 3.26. The van der Waals surface area contributed by atoms with E-state index < -0.39 is 6.09 Å². The number of urea groups is 1. The first-order valence-corrected chi connectivity index (χ1v) is 10.9. The molecule has 0 bridgehead atoms. The molecule has 3 aromatic rings. The van der Waals surface area contributed by atoms with E-state index >= 15 is 0 Å². The highest BCUT2D eigenvalue weighted by Crippen LogP contribution is 2.27. The van der Waals surface area contributed by atoms with Crippen LogP contribution >= 0.6 is 0 Å². The second-order valence-electron chi connectivity index (χ2n) is 8.13. The zero-order valence-corrected chi connectivity index (χ0v) is 18.4. The van der Waals surface area contributed by atoms with Crippen LogP contribution < -0.4 is 15.5 Å². The van der Waals surface area contributed by atoms with Crippen molar-refractivity contribution in [3.05, 3.63) is 60.7 Å². The molecule has 0 radical (unpaired) electrons. The number of hydrogen-bond donors (Lipinski definition) is 3. The van der Waals surface area contributed by atoms with Crippen LogP contribution in [-0.4, -0.2) is 49.1 Å². The maximum Gasteiger partial charge on any atom is 0.404 e. The van der Waals surface area contributed by atoms with E-state index in [0.29, 0.717) is 43.7 Å². The molecule has 10 nitrogen and oxygen atoms in total. The zero-order chi connectivity index (χ0) is 23.2. The van der Waals surface area contributed by atoms with Gasteiger partial charge >= 0.3 is 12.1 Å². The van der Waals surface area contributed by atoms with Gasteiger partial charge < -0.3 is 15.7 Å². The fourth-order valence-corrected chi connectivity index (χ4v) is 4.12. The average molecular weight is 450 g/mol. The maximum absolute atomic E-state index is 13.3. The molecule has 3 amide bonds. The lowest BCUT2D eigenvalue weighted by atomic mass is 9.90. The summed E-state index contributed by atoms with van der Waals surface area (Å²) in [4.78, 5) is 34.9. The molecule has 1 aliphatic carbocycles. The highest BCUT2D eigenvalue weighted by atomic mass is 16.4. The van der Waals surface area contributed by atoms with Crippen molar-refractivity contribution < 1.29 is 14.7 Å². The van der Waals surface area contributed by atoms with Crippen LogP contribution in [-0.2, 0) is 13.6 Å². The van der Waals surface area contributed by atoms with Crippen LogP contribution in [0.3, 0.4) is 0 Å². The van der Waals surface area contributed by atoms with E-state index in [0.717, 1.165) is 11.1 Å². The highest BCUT2D eigenvalue weighted by Gasteiger charge is 2.31. The summed E-state index contributed by atoms with van der Waals surface area (Å²) in [5.41, 5.74) is 2.51. The summed E-state index contributed by atoms with van der Waals surface area (Å²) < 4.78 is 1.69. The minimum Gasteiger partial charge on any atom is -0.465 e. The molecule has 0 unspecified atom stereocenters. The number of amides is 3. The zero-order valence-electron chi connectivity index (χ0n) is 18.4. The van der Waals surface area contributed by atoms with Crippen molar-refractivity contribution >= 4 is 17.9 Å². The van der Waals surface area contributed by atoms with E-state index in [1.54, 1.807) is 28.2 Å². The maximum atomic E-state index is 13.3. The van der Waals surface area contributed by atoms with Gasteiger partial charge in [0.25, 0.3) is 0 Å². The summed E-state index contributed by atoms with van der Waals surface area (Å²) in [7, 11) is 1.83. The number of benzene rings is 1. The smallest absolute Gasteiger partial charge is 0.404 e. The third-order valence-corrected chi connectivity index (χ3v) is 5.78. The Morgan fingerprint density at radius 2 is 1.85 bits per heavy atom. The number of nitrogens with one attached hydrogen (secondary N) is 2. The van der Waals surface area contributed by atoms with Crippen molar-refractivity contribution in [3.63, 3.8) is 0 Å². The molecule has 1 aliphatic rings. The van der Waals surface area contributed by atoms with Gasteiger partial charge in [0, 0.05) is 37.4 Å². The van der Waals surface area contributed by atoms with E-state index in [1.165, 1.54) is 0 Å². The first-order chi connectivity index (χ1) is 16.0. The van der Waals surface area contributed by atoms with Gasteiger partial charge in [-0.15, -0.1) is 0 Å². The number of carbonyl (C=O) groups excluding carboxylic acids is 1. The number of nitrogens with zero attached hydrogens (tertiary/aromatic N) is 5. The van der Waals surface area contributed by atoms with Crippen molar-refractivity contribution in [1.82, 2.24) is 30.4 Å². The van der Waals surface area contributed by atoms with Crippen molar-refractivity contribution in [2.45, 2.75) is 44.3 Å². The molecular formula is C23H27N7O3. The van der Waals surface area contributed by atoms with Gasteiger partial charge in [-0.3, -0.25) is 14.6 Å². The number of carbonyl (C=O) groups is 2. The van der Waals surface area contributed by atoms with Crippen LogP contribution in [0.15, 0.2) is 55.1 Å². The molecule has 1 saturated carbocycles. The Kier molecular flexibility index (Phi) is 6.82. The van der Waals surface area contributed by atoms with Gasteiger partial charge in [-0.25, -0.2) is 14.6 Å². The predicted molar refractivity (Wildman–Crippen MR) is 123 cm³/mol. The van der Waals surface area contributed by atoms with Gasteiger partial charge in [0.2, 0.25) is 0 Å². The lowest BCUT2D eigenvalue weighted by Crippen LogP contribution is -2.50. The van der Waals surface area contributed by atoms with Crippen molar-refractivity contribution in [2.24, 2.45) is 7.05 Å². The van der Waals surface area contributed by atoms with Crippen LogP contribution in [0.1, 0.15) is 31.2 Å². The molecule has 10 heteroatoms. The normalized spacial score (nSPS) is 17.8. The van der Waals surface area contributed by atoms with Gasteiger partial charge in [-0.05, 0) is 31.2 Å². The van der Waals surface area contributed by atoms with E-state index in [-0.39, 0.29) is 18.1 Å². The fourth-order valence-electron chi connectivity index (χ4n) is 4.12. The summed E-state index contributed by atoms with van der Waals surface area (Å²) in [6.45, 7) is 0.396. The number of aromatic nitrogens is 4. The molecule has 172 valence electrons. The minimum absolute atomic E-state index is 0.105. The summed E-state index contributed by atoms with van der Waals surface area (Å²) in [6.07, 6.45) is 8.42. The Morgan fingerprint density at radius 1 is 1.09 bits per heavy atom. The first-order valence-electron chi connectivity index (χ1n) is 10.9. The summed E-state index contributed by atoms with van der Waals surface area (Å²) in [5, 5.41) is 18.7. The Balaban J connectivity index is 1.52. The van der Waals surface area contributed by atoms with Crippen LogP contribution in [0.25, 0.3) is 11.3 Å². The molecule has 2 aromatic heterocycles.